The van der Waals surface area contributed by atoms with Crippen molar-refractivity contribution in [3.8, 4) is 5.75 Å². The maximum Gasteiger partial charge on any atom is 0.249 e. The zero-order chi connectivity index (χ0) is 16.9. The van der Waals surface area contributed by atoms with Crippen LogP contribution < -0.4 is 15.4 Å². The number of carbonyl (C=O) groups is 2. The quantitative estimate of drug-likeness (QED) is 0.838. The summed E-state index contributed by atoms with van der Waals surface area (Å²) < 4.78 is 5.06. The number of hydrogen-bond donors (Lipinski definition) is 2. The van der Waals surface area contributed by atoms with Gasteiger partial charge < -0.3 is 15.4 Å². The van der Waals surface area contributed by atoms with Gasteiger partial charge in [-0.05, 0) is 36.4 Å². The number of nitrogens with zero attached hydrogens (tertiary/aromatic N) is 1. The number of benzene rings is 2. The molecule has 2 aromatic rings. The Kier molecular flexibility index (Phi) is 4.81. The number of amidine groups is 1. The molecule has 1 aliphatic rings. The average Bonchev–Trinajstić information content (AvgIpc) is 2.97. The second-order valence-electron chi connectivity index (χ2n) is 4.96. The van der Waals surface area contributed by atoms with Gasteiger partial charge in [-0.25, -0.2) is 4.99 Å². The standard InChI is InChI=1S/C17H15N3O3S/c1-23-13-9-7-12(8-10-13)18-15(21)14-16(22)20-17(24-14)19-11-5-3-2-4-6-11/h2-10,14H,1H3,(H,18,21)(H,19,20,22)/t14-/m1/s1. The normalized spacial score (nSPS) is 18.3. The number of hydrogen-bond acceptors (Lipinski definition) is 5. The number of aliphatic imine (C=N–C) groups is 1. The minimum Gasteiger partial charge on any atom is -0.497 e. The Bertz CT molecular complexity index is 775. The van der Waals surface area contributed by atoms with Crippen molar-refractivity contribution in [2.45, 2.75) is 5.25 Å². The van der Waals surface area contributed by atoms with Crippen molar-refractivity contribution in [3.05, 3.63) is 54.6 Å². The van der Waals surface area contributed by atoms with Gasteiger partial charge in [-0.1, -0.05) is 30.0 Å². The summed E-state index contributed by atoms with van der Waals surface area (Å²) in [4.78, 5) is 28.6. The first-order valence-corrected chi connectivity index (χ1v) is 8.10. The molecule has 6 nitrogen and oxygen atoms in total. The monoisotopic (exact) mass is 341 g/mol. The van der Waals surface area contributed by atoms with Crippen LogP contribution in [-0.2, 0) is 9.59 Å². The minimum atomic E-state index is -0.866. The molecular weight excluding hydrogens is 326 g/mol. The van der Waals surface area contributed by atoms with E-state index in [1.54, 1.807) is 31.4 Å². The highest BCUT2D eigenvalue weighted by Crippen LogP contribution is 2.24. The molecule has 1 heterocycles. The summed E-state index contributed by atoms with van der Waals surface area (Å²) >= 11 is 1.10. The molecule has 0 radical (unpaired) electrons. The molecule has 1 aliphatic heterocycles. The van der Waals surface area contributed by atoms with Gasteiger partial charge in [0.15, 0.2) is 10.4 Å². The number of carbonyl (C=O) groups excluding carboxylic acids is 2. The van der Waals surface area contributed by atoms with Gasteiger partial charge in [-0.3, -0.25) is 9.59 Å². The van der Waals surface area contributed by atoms with Crippen molar-refractivity contribution >= 4 is 40.1 Å². The van der Waals surface area contributed by atoms with Gasteiger partial charge in [-0.2, -0.15) is 0 Å². The van der Waals surface area contributed by atoms with E-state index in [0.717, 1.165) is 17.4 Å². The topological polar surface area (TPSA) is 79.8 Å². The molecule has 122 valence electrons. The first-order valence-electron chi connectivity index (χ1n) is 7.22. The molecule has 1 fully saturated rings. The molecule has 0 aromatic heterocycles. The van der Waals surface area contributed by atoms with Crippen LogP contribution in [0.1, 0.15) is 0 Å². The van der Waals surface area contributed by atoms with Crippen molar-refractivity contribution < 1.29 is 14.3 Å². The molecule has 0 bridgehead atoms. The van der Waals surface area contributed by atoms with E-state index in [0.29, 0.717) is 16.6 Å². The summed E-state index contributed by atoms with van der Waals surface area (Å²) in [6, 6.07) is 16.1. The number of para-hydroxylation sites is 1. The molecule has 0 aliphatic carbocycles. The van der Waals surface area contributed by atoms with Crippen molar-refractivity contribution in [2.75, 3.05) is 12.4 Å². The van der Waals surface area contributed by atoms with E-state index in [4.69, 9.17) is 4.74 Å². The van der Waals surface area contributed by atoms with E-state index in [9.17, 15) is 9.59 Å². The van der Waals surface area contributed by atoms with Gasteiger partial charge >= 0.3 is 0 Å². The third kappa shape index (κ3) is 3.75. The van der Waals surface area contributed by atoms with Crippen molar-refractivity contribution in [1.82, 2.24) is 5.32 Å². The fourth-order valence-electron chi connectivity index (χ4n) is 2.09. The van der Waals surface area contributed by atoms with Gasteiger partial charge in [0.25, 0.3) is 0 Å². The van der Waals surface area contributed by atoms with Gasteiger partial charge in [0.1, 0.15) is 5.75 Å². The smallest absolute Gasteiger partial charge is 0.249 e. The number of nitrogens with one attached hydrogen (secondary N) is 2. The Morgan fingerprint density at radius 2 is 1.88 bits per heavy atom. The van der Waals surface area contributed by atoms with E-state index in [2.05, 4.69) is 15.6 Å². The molecule has 2 aromatic carbocycles. The zero-order valence-corrected chi connectivity index (χ0v) is 13.7. The number of methoxy groups -OCH3 is 1. The molecule has 1 saturated heterocycles. The lowest BCUT2D eigenvalue weighted by atomic mass is 10.3. The number of ether oxygens (including phenoxy) is 1. The molecular formula is C17H15N3O3S. The fraction of sp³-hybridized carbons (Fsp3) is 0.118. The van der Waals surface area contributed by atoms with Crippen LogP contribution in [0.25, 0.3) is 0 Å². The van der Waals surface area contributed by atoms with E-state index in [1.165, 1.54) is 0 Å². The van der Waals surface area contributed by atoms with Crippen LogP contribution in [0.3, 0.4) is 0 Å². The summed E-state index contributed by atoms with van der Waals surface area (Å²) in [7, 11) is 1.57. The first-order chi connectivity index (χ1) is 11.7. The van der Waals surface area contributed by atoms with Gasteiger partial charge in [0, 0.05) is 5.69 Å². The maximum atomic E-state index is 12.3. The largest absolute Gasteiger partial charge is 0.497 e. The number of rotatable bonds is 4. The first kappa shape index (κ1) is 16.1. The number of thioether (sulfide) groups is 1. The predicted octanol–water partition coefficient (Wildman–Crippen LogP) is 2.55. The summed E-state index contributed by atoms with van der Waals surface area (Å²) in [5.74, 6) is -0.0696. The number of amides is 2. The van der Waals surface area contributed by atoms with Crippen molar-refractivity contribution in [3.63, 3.8) is 0 Å². The molecule has 0 spiro atoms. The molecule has 7 heteroatoms. The highest BCUT2D eigenvalue weighted by Gasteiger charge is 2.36. The molecule has 3 rings (SSSR count). The van der Waals surface area contributed by atoms with E-state index in [1.807, 2.05) is 30.3 Å². The molecule has 2 N–H and O–H groups in total. The molecule has 24 heavy (non-hydrogen) atoms. The van der Waals surface area contributed by atoms with Crippen molar-refractivity contribution in [2.24, 2.45) is 4.99 Å². The molecule has 0 saturated carbocycles. The Morgan fingerprint density at radius 1 is 1.17 bits per heavy atom. The Balaban J connectivity index is 1.67. The predicted molar refractivity (Wildman–Crippen MR) is 94.7 cm³/mol. The van der Waals surface area contributed by atoms with E-state index >= 15 is 0 Å². The molecule has 1 atom stereocenters. The molecule has 0 unspecified atom stereocenters. The zero-order valence-electron chi connectivity index (χ0n) is 12.9. The van der Waals surface area contributed by atoms with Gasteiger partial charge in [0.2, 0.25) is 11.8 Å². The fourth-order valence-corrected chi connectivity index (χ4v) is 2.97. The van der Waals surface area contributed by atoms with Crippen LogP contribution in [0.4, 0.5) is 11.4 Å². The van der Waals surface area contributed by atoms with E-state index in [-0.39, 0.29) is 11.8 Å². The second kappa shape index (κ2) is 7.18. The second-order valence-corrected chi connectivity index (χ2v) is 6.05. The lowest BCUT2D eigenvalue weighted by molar-refractivity contribution is -0.124. The van der Waals surface area contributed by atoms with Crippen LogP contribution in [0.5, 0.6) is 5.75 Å². The summed E-state index contributed by atoms with van der Waals surface area (Å²) in [6.07, 6.45) is 0. The number of anilines is 1. The summed E-state index contributed by atoms with van der Waals surface area (Å²) in [5, 5.41) is 4.90. The van der Waals surface area contributed by atoms with Crippen LogP contribution in [0.2, 0.25) is 0 Å². The maximum absolute atomic E-state index is 12.3. The van der Waals surface area contributed by atoms with Crippen LogP contribution in [0, 0.1) is 0 Å². The Hall–Kier alpha value is -2.80. The van der Waals surface area contributed by atoms with Gasteiger partial charge in [0.05, 0.1) is 12.8 Å². The lowest BCUT2D eigenvalue weighted by Gasteiger charge is -2.08. The van der Waals surface area contributed by atoms with Crippen LogP contribution in [0.15, 0.2) is 59.6 Å². The average molecular weight is 341 g/mol. The van der Waals surface area contributed by atoms with Crippen LogP contribution >= 0.6 is 11.8 Å². The summed E-state index contributed by atoms with van der Waals surface area (Å²) in [6.45, 7) is 0. The van der Waals surface area contributed by atoms with Crippen LogP contribution in [-0.4, -0.2) is 29.3 Å². The summed E-state index contributed by atoms with van der Waals surface area (Å²) in [5.41, 5.74) is 1.32. The van der Waals surface area contributed by atoms with Crippen molar-refractivity contribution in [1.29, 1.82) is 0 Å². The minimum absolute atomic E-state index is 0.374. The highest BCUT2D eigenvalue weighted by molar-refractivity contribution is 8.16. The highest BCUT2D eigenvalue weighted by atomic mass is 32.2. The third-order valence-corrected chi connectivity index (χ3v) is 4.36. The Labute approximate surface area is 143 Å². The SMILES string of the molecule is COc1ccc(NC(=O)[C@H]2SC(=Nc3ccccc3)NC2=O)cc1. The van der Waals surface area contributed by atoms with Gasteiger partial charge in [-0.15, -0.1) is 0 Å². The lowest BCUT2D eigenvalue weighted by Crippen LogP contribution is -2.33. The Morgan fingerprint density at radius 3 is 2.54 bits per heavy atom. The third-order valence-electron chi connectivity index (χ3n) is 3.28. The van der Waals surface area contributed by atoms with E-state index < -0.39 is 5.25 Å². The molecule has 2 amide bonds.